The van der Waals surface area contributed by atoms with Gasteiger partial charge in [-0.25, -0.2) is 13.4 Å². The summed E-state index contributed by atoms with van der Waals surface area (Å²) < 4.78 is 26.7. The van der Waals surface area contributed by atoms with Gasteiger partial charge in [-0.3, -0.25) is 0 Å². The number of nitrogen functional groups attached to an aromatic ring is 1. The van der Waals surface area contributed by atoms with Crippen LogP contribution in [0.15, 0.2) is 4.21 Å². The molecule has 2 rings (SSSR count). The SMILES string of the molecule is Cc1nc(N)sc1S(=O)(=O)NC(C)c1nn[nH]n1. The summed E-state index contributed by atoms with van der Waals surface area (Å²) in [5, 5.41) is 13.3. The second-order valence-electron chi connectivity index (χ2n) is 3.54. The van der Waals surface area contributed by atoms with E-state index in [1.54, 1.807) is 13.8 Å². The lowest BCUT2D eigenvalue weighted by molar-refractivity contribution is 0.561. The Balaban J connectivity index is 2.25. The number of aromatic amines is 1. The van der Waals surface area contributed by atoms with Gasteiger partial charge in [0.15, 0.2) is 15.2 Å². The molecular formula is C7H11N7O2S2. The summed E-state index contributed by atoms with van der Waals surface area (Å²) in [6.07, 6.45) is 0. The van der Waals surface area contributed by atoms with Crippen molar-refractivity contribution in [3.8, 4) is 0 Å². The Morgan fingerprint density at radius 1 is 1.50 bits per heavy atom. The van der Waals surface area contributed by atoms with Crippen molar-refractivity contribution in [1.29, 1.82) is 0 Å². The van der Waals surface area contributed by atoms with E-state index in [2.05, 4.69) is 30.3 Å². The lowest BCUT2D eigenvalue weighted by Crippen LogP contribution is -2.27. The van der Waals surface area contributed by atoms with Crippen LogP contribution < -0.4 is 10.5 Å². The number of thiazole rings is 1. The van der Waals surface area contributed by atoms with E-state index in [9.17, 15) is 8.42 Å². The van der Waals surface area contributed by atoms with E-state index in [1.165, 1.54) is 0 Å². The van der Waals surface area contributed by atoms with Crippen molar-refractivity contribution < 1.29 is 8.42 Å². The third-order valence-corrected chi connectivity index (χ3v) is 5.23. The van der Waals surface area contributed by atoms with Gasteiger partial charge < -0.3 is 5.73 Å². The number of sulfonamides is 1. The summed E-state index contributed by atoms with van der Waals surface area (Å²) in [4.78, 5) is 3.87. The number of anilines is 1. The molecule has 9 nitrogen and oxygen atoms in total. The Kier molecular flexibility index (Phi) is 3.28. The van der Waals surface area contributed by atoms with Crippen molar-refractivity contribution in [3.05, 3.63) is 11.5 Å². The number of hydrogen-bond donors (Lipinski definition) is 3. The maximum Gasteiger partial charge on any atom is 0.252 e. The number of nitrogens with two attached hydrogens (primary N) is 1. The molecule has 2 aromatic heterocycles. The molecule has 18 heavy (non-hydrogen) atoms. The Labute approximate surface area is 107 Å². The second kappa shape index (κ2) is 4.59. The zero-order valence-corrected chi connectivity index (χ0v) is 11.2. The molecule has 98 valence electrons. The molecule has 0 saturated heterocycles. The maximum atomic E-state index is 12.1. The van der Waals surface area contributed by atoms with E-state index in [4.69, 9.17) is 5.73 Å². The lowest BCUT2D eigenvalue weighted by atomic mass is 10.4. The Morgan fingerprint density at radius 2 is 2.22 bits per heavy atom. The van der Waals surface area contributed by atoms with E-state index in [0.717, 1.165) is 11.3 Å². The first-order chi connectivity index (χ1) is 8.40. The molecule has 1 unspecified atom stereocenters. The molecule has 0 bridgehead atoms. The monoisotopic (exact) mass is 289 g/mol. The van der Waals surface area contributed by atoms with Crippen LogP contribution in [-0.4, -0.2) is 34.0 Å². The van der Waals surface area contributed by atoms with Crippen molar-refractivity contribution >= 4 is 26.5 Å². The molecule has 0 aliphatic rings. The van der Waals surface area contributed by atoms with E-state index < -0.39 is 16.1 Å². The van der Waals surface area contributed by atoms with Crippen molar-refractivity contribution in [3.63, 3.8) is 0 Å². The normalized spacial score (nSPS) is 13.7. The fraction of sp³-hybridized carbons (Fsp3) is 0.429. The predicted octanol–water partition coefficient (Wildman–Crippen LogP) is -0.414. The van der Waals surface area contributed by atoms with E-state index in [0.29, 0.717) is 5.69 Å². The first kappa shape index (κ1) is 12.9. The van der Waals surface area contributed by atoms with Crippen molar-refractivity contribution in [1.82, 2.24) is 30.3 Å². The quantitative estimate of drug-likeness (QED) is 0.694. The Bertz CT molecular complexity index is 633. The predicted molar refractivity (Wildman–Crippen MR) is 64.2 cm³/mol. The third-order valence-electron chi connectivity index (χ3n) is 2.10. The Morgan fingerprint density at radius 3 is 2.72 bits per heavy atom. The first-order valence-corrected chi connectivity index (χ1v) is 7.18. The van der Waals surface area contributed by atoms with Gasteiger partial charge in [0.2, 0.25) is 0 Å². The molecule has 0 aliphatic carbocycles. The summed E-state index contributed by atoms with van der Waals surface area (Å²) in [5.41, 5.74) is 5.84. The molecular weight excluding hydrogens is 278 g/mol. The van der Waals surface area contributed by atoms with Crippen LogP contribution in [-0.2, 0) is 10.0 Å². The fourth-order valence-electron chi connectivity index (χ4n) is 1.34. The fourth-order valence-corrected chi connectivity index (χ4v) is 3.86. The second-order valence-corrected chi connectivity index (χ2v) is 6.48. The van der Waals surface area contributed by atoms with Crippen molar-refractivity contribution in [2.75, 3.05) is 5.73 Å². The van der Waals surface area contributed by atoms with Crippen LogP contribution >= 0.6 is 11.3 Å². The number of nitrogens with zero attached hydrogens (tertiary/aromatic N) is 4. The van der Waals surface area contributed by atoms with Crippen LogP contribution in [0, 0.1) is 6.92 Å². The van der Waals surface area contributed by atoms with Gasteiger partial charge in [0, 0.05) is 0 Å². The molecule has 11 heteroatoms. The number of H-pyrrole nitrogens is 1. The summed E-state index contributed by atoms with van der Waals surface area (Å²) in [6, 6.07) is -0.600. The summed E-state index contributed by atoms with van der Waals surface area (Å²) in [6.45, 7) is 3.20. The Hall–Kier alpha value is -1.59. The van der Waals surface area contributed by atoms with Gasteiger partial charge in [0.25, 0.3) is 10.0 Å². The number of aromatic nitrogens is 5. The van der Waals surface area contributed by atoms with Gasteiger partial charge >= 0.3 is 0 Å². The van der Waals surface area contributed by atoms with Crippen LogP contribution in [0.1, 0.15) is 24.5 Å². The third kappa shape index (κ3) is 2.47. The zero-order chi connectivity index (χ0) is 13.3. The minimum atomic E-state index is -3.69. The van der Waals surface area contributed by atoms with Gasteiger partial charge in [-0.15, -0.1) is 10.2 Å². The van der Waals surface area contributed by atoms with Crippen LogP contribution in [0.4, 0.5) is 5.13 Å². The molecule has 0 aromatic carbocycles. The number of rotatable bonds is 4. The van der Waals surface area contributed by atoms with E-state index >= 15 is 0 Å². The van der Waals surface area contributed by atoms with Crippen molar-refractivity contribution in [2.45, 2.75) is 24.1 Å². The van der Waals surface area contributed by atoms with Crippen LogP contribution in [0.25, 0.3) is 0 Å². The van der Waals surface area contributed by atoms with Crippen LogP contribution in [0.2, 0.25) is 0 Å². The number of aryl methyl sites for hydroxylation is 1. The largest absolute Gasteiger partial charge is 0.375 e. The molecule has 2 heterocycles. The highest BCUT2D eigenvalue weighted by molar-refractivity contribution is 7.91. The highest BCUT2D eigenvalue weighted by atomic mass is 32.2. The highest BCUT2D eigenvalue weighted by Crippen LogP contribution is 2.25. The van der Waals surface area contributed by atoms with Gasteiger partial charge in [-0.05, 0) is 13.8 Å². The number of tetrazole rings is 1. The number of hydrogen-bond acceptors (Lipinski definition) is 8. The van der Waals surface area contributed by atoms with Crippen molar-refractivity contribution in [2.24, 2.45) is 0 Å². The molecule has 0 amide bonds. The summed E-state index contributed by atoms with van der Waals surface area (Å²) in [5.74, 6) is 0.258. The molecule has 0 fully saturated rings. The van der Waals surface area contributed by atoms with E-state index in [-0.39, 0.29) is 15.2 Å². The molecule has 1 atom stereocenters. The molecule has 2 aromatic rings. The highest BCUT2D eigenvalue weighted by Gasteiger charge is 2.25. The molecule has 4 N–H and O–H groups in total. The molecule has 0 aliphatic heterocycles. The lowest BCUT2D eigenvalue weighted by Gasteiger charge is -2.09. The molecule has 0 spiro atoms. The zero-order valence-electron chi connectivity index (χ0n) is 9.58. The topological polar surface area (TPSA) is 140 Å². The summed E-state index contributed by atoms with van der Waals surface area (Å²) in [7, 11) is -3.69. The van der Waals surface area contributed by atoms with E-state index in [1.807, 2.05) is 0 Å². The van der Waals surface area contributed by atoms with Gasteiger partial charge in [0.1, 0.15) is 0 Å². The summed E-state index contributed by atoms with van der Waals surface area (Å²) >= 11 is 0.912. The van der Waals surface area contributed by atoms with Gasteiger partial charge in [0.05, 0.1) is 11.7 Å². The van der Waals surface area contributed by atoms with Gasteiger partial charge in [-0.1, -0.05) is 16.6 Å². The average Bonchev–Trinajstić information content (AvgIpc) is 2.86. The smallest absolute Gasteiger partial charge is 0.252 e. The molecule has 0 radical (unpaired) electrons. The first-order valence-electron chi connectivity index (χ1n) is 4.88. The molecule has 0 saturated carbocycles. The van der Waals surface area contributed by atoms with Gasteiger partial charge in [-0.2, -0.15) is 9.94 Å². The standard InChI is InChI=1S/C7H11N7O2S2/c1-3(5-10-13-14-11-5)12-18(15,16)6-4(2)9-7(8)17-6/h3,12H,1-2H3,(H2,8,9)(H,10,11,13,14). The minimum Gasteiger partial charge on any atom is -0.375 e. The number of nitrogens with one attached hydrogen (secondary N) is 2. The minimum absolute atomic E-state index is 0.0929. The van der Waals surface area contributed by atoms with Crippen LogP contribution in [0.3, 0.4) is 0 Å². The van der Waals surface area contributed by atoms with Crippen LogP contribution in [0.5, 0.6) is 0 Å². The average molecular weight is 289 g/mol. The maximum absolute atomic E-state index is 12.1.